The van der Waals surface area contributed by atoms with Crippen LogP contribution in [-0.2, 0) is 33.9 Å². The Bertz CT molecular complexity index is 1280. The minimum atomic E-state index is -1.48. The van der Waals surface area contributed by atoms with Crippen LogP contribution in [0, 0.1) is 0 Å². The fourth-order valence-electron chi connectivity index (χ4n) is 4.22. The maximum absolute atomic E-state index is 13.0. The number of aliphatic hydroxyl groups excluding tert-OH is 1. The Morgan fingerprint density at radius 3 is 2.90 bits per heavy atom. The van der Waals surface area contributed by atoms with Crippen molar-refractivity contribution in [3.05, 3.63) is 56.9 Å². The molecule has 0 radical (unpaired) electrons. The molecule has 8 nitrogen and oxygen atoms in total. The van der Waals surface area contributed by atoms with Gasteiger partial charge >= 0.3 is 5.97 Å². The third-order valence-electron chi connectivity index (χ3n) is 5.58. The molecule has 1 aromatic carbocycles. The topological polar surface area (TPSA) is 108 Å². The Kier molecular flexibility index (Phi) is 3.78. The van der Waals surface area contributed by atoms with Gasteiger partial charge in [-0.3, -0.25) is 9.59 Å². The summed E-state index contributed by atoms with van der Waals surface area (Å²) in [6.45, 7) is 2.58. The van der Waals surface area contributed by atoms with E-state index < -0.39 is 12.1 Å². The van der Waals surface area contributed by atoms with E-state index in [1.54, 1.807) is 28.8 Å². The first-order valence-electron chi connectivity index (χ1n) is 9.21. The van der Waals surface area contributed by atoms with Gasteiger partial charge in [-0.2, -0.15) is 0 Å². The summed E-state index contributed by atoms with van der Waals surface area (Å²) < 4.78 is 11.5. The highest BCUT2D eigenvalue weighted by molar-refractivity contribution is 5.89. The molecule has 4 heterocycles. The summed E-state index contributed by atoms with van der Waals surface area (Å²) >= 11 is 0. The zero-order valence-corrected chi connectivity index (χ0v) is 15.5. The van der Waals surface area contributed by atoms with Crippen molar-refractivity contribution in [3.63, 3.8) is 0 Å². The largest absolute Gasteiger partial charge is 0.458 e. The summed E-state index contributed by atoms with van der Waals surface area (Å²) in [4.78, 5) is 40.2. The van der Waals surface area contributed by atoms with Gasteiger partial charge in [0.15, 0.2) is 6.10 Å². The van der Waals surface area contributed by atoms with Crippen molar-refractivity contribution in [1.82, 2.24) is 9.55 Å². The molecule has 1 atom stereocenters. The van der Waals surface area contributed by atoms with E-state index in [0.29, 0.717) is 42.1 Å². The van der Waals surface area contributed by atoms with Crippen molar-refractivity contribution < 1.29 is 24.2 Å². The number of fused-ring (bicyclic) bond motifs is 5. The maximum atomic E-state index is 13.0. The molecule has 0 saturated heterocycles. The van der Waals surface area contributed by atoms with Crippen LogP contribution in [0.3, 0.4) is 0 Å². The van der Waals surface area contributed by atoms with Crippen LogP contribution in [-0.4, -0.2) is 27.1 Å². The highest BCUT2D eigenvalue weighted by Crippen LogP contribution is 2.38. The van der Waals surface area contributed by atoms with Gasteiger partial charge in [0.25, 0.3) is 12.0 Å². The van der Waals surface area contributed by atoms with E-state index in [1.807, 2.05) is 6.92 Å². The standard InChI is InChI=1S/C21H16N2O6/c1-2-11-12-5-10(29-9-24)3-4-16(12)22-18-14(11)7-23-17(18)6-13-15(20(23)26)8-28-21(27)19(13)25/h3-6,9,19,25H,2,7-8H2,1H3. The number of aryl methyl sites for hydroxylation is 1. The molecular formula is C21H16N2O6. The van der Waals surface area contributed by atoms with Crippen LogP contribution in [0.5, 0.6) is 5.75 Å². The van der Waals surface area contributed by atoms with Gasteiger partial charge in [0.2, 0.25) is 0 Å². The molecule has 146 valence electrons. The average molecular weight is 392 g/mol. The number of carbonyl (C=O) groups excluding carboxylic acids is 2. The summed E-state index contributed by atoms with van der Waals surface area (Å²) in [6, 6.07) is 6.85. The maximum Gasteiger partial charge on any atom is 0.340 e. The lowest BCUT2D eigenvalue weighted by Gasteiger charge is -2.21. The van der Waals surface area contributed by atoms with E-state index in [-0.39, 0.29) is 23.3 Å². The SMILES string of the molecule is CCc1c2c(nc3ccc(OC=O)cc13)-c1cc3c(c(=O)n1C2)COC(=O)C3O. The predicted molar refractivity (Wildman–Crippen MR) is 101 cm³/mol. The second kappa shape index (κ2) is 6.25. The van der Waals surface area contributed by atoms with Crippen molar-refractivity contribution in [2.24, 2.45) is 0 Å². The third-order valence-corrected chi connectivity index (χ3v) is 5.58. The molecule has 0 aliphatic carbocycles. The van der Waals surface area contributed by atoms with Crippen molar-refractivity contribution >= 4 is 23.3 Å². The summed E-state index contributed by atoms with van der Waals surface area (Å²) in [5.41, 5.74) is 4.13. The van der Waals surface area contributed by atoms with Gasteiger partial charge in [-0.1, -0.05) is 6.92 Å². The van der Waals surface area contributed by atoms with Crippen molar-refractivity contribution in [2.45, 2.75) is 32.6 Å². The lowest BCUT2D eigenvalue weighted by Crippen LogP contribution is -2.32. The Hall–Kier alpha value is -3.52. The van der Waals surface area contributed by atoms with Gasteiger partial charge in [0, 0.05) is 16.5 Å². The number of benzene rings is 1. The Morgan fingerprint density at radius 2 is 2.14 bits per heavy atom. The number of cyclic esters (lactones) is 1. The van der Waals surface area contributed by atoms with Crippen LogP contribution in [0.2, 0.25) is 0 Å². The first kappa shape index (κ1) is 17.6. The van der Waals surface area contributed by atoms with E-state index >= 15 is 0 Å². The molecule has 3 aromatic rings. The summed E-state index contributed by atoms with van der Waals surface area (Å²) in [6.07, 6.45) is -0.783. The minimum absolute atomic E-state index is 0.150. The molecule has 8 heteroatoms. The summed E-state index contributed by atoms with van der Waals surface area (Å²) in [5.74, 6) is -0.339. The van der Waals surface area contributed by atoms with E-state index in [4.69, 9.17) is 14.5 Å². The number of aromatic nitrogens is 2. The summed E-state index contributed by atoms with van der Waals surface area (Å²) in [7, 11) is 0. The van der Waals surface area contributed by atoms with Crippen LogP contribution >= 0.6 is 0 Å². The number of ether oxygens (including phenoxy) is 2. The lowest BCUT2D eigenvalue weighted by molar-refractivity contribution is -0.157. The molecule has 1 N–H and O–H groups in total. The first-order chi connectivity index (χ1) is 14.0. The quantitative estimate of drug-likeness (QED) is 0.417. The molecule has 1 unspecified atom stereocenters. The van der Waals surface area contributed by atoms with Gasteiger partial charge in [0.1, 0.15) is 12.4 Å². The predicted octanol–water partition coefficient (Wildman–Crippen LogP) is 1.61. The Balaban J connectivity index is 1.78. The number of nitrogens with zero attached hydrogens (tertiary/aromatic N) is 2. The first-order valence-corrected chi connectivity index (χ1v) is 9.21. The number of pyridine rings is 2. The number of aliphatic hydroxyl groups is 1. The van der Waals surface area contributed by atoms with E-state index in [1.165, 1.54) is 0 Å². The van der Waals surface area contributed by atoms with Crippen molar-refractivity contribution in [2.75, 3.05) is 0 Å². The van der Waals surface area contributed by atoms with E-state index in [2.05, 4.69) is 0 Å². The third kappa shape index (κ3) is 2.42. The summed E-state index contributed by atoms with van der Waals surface area (Å²) in [5, 5.41) is 11.1. The molecule has 2 aliphatic rings. The number of esters is 1. The minimum Gasteiger partial charge on any atom is -0.458 e. The van der Waals surface area contributed by atoms with Crippen LogP contribution < -0.4 is 10.3 Å². The molecule has 29 heavy (non-hydrogen) atoms. The zero-order chi connectivity index (χ0) is 20.3. The molecule has 5 rings (SSSR count). The average Bonchev–Trinajstić information content (AvgIpc) is 3.08. The van der Waals surface area contributed by atoms with Crippen molar-refractivity contribution in [3.8, 4) is 17.1 Å². The van der Waals surface area contributed by atoms with E-state index in [9.17, 15) is 19.5 Å². The monoisotopic (exact) mass is 392 g/mol. The van der Waals surface area contributed by atoms with Gasteiger partial charge in [-0.05, 0) is 36.2 Å². The highest BCUT2D eigenvalue weighted by atomic mass is 16.5. The molecule has 0 amide bonds. The number of carbonyl (C=O) groups is 2. The molecular weight excluding hydrogens is 376 g/mol. The Labute approximate surface area is 164 Å². The number of hydrogen-bond donors (Lipinski definition) is 1. The molecule has 0 bridgehead atoms. The zero-order valence-electron chi connectivity index (χ0n) is 15.5. The number of rotatable bonds is 3. The van der Waals surface area contributed by atoms with Crippen LogP contribution in [0.1, 0.15) is 35.3 Å². The van der Waals surface area contributed by atoms with Crippen LogP contribution in [0.4, 0.5) is 0 Å². The van der Waals surface area contributed by atoms with Gasteiger partial charge in [-0.25, -0.2) is 9.78 Å². The lowest BCUT2D eigenvalue weighted by atomic mass is 9.97. The van der Waals surface area contributed by atoms with E-state index in [0.717, 1.165) is 16.5 Å². The van der Waals surface area contributed by atoms with Crippen molar-refractivity contribution in [1.29, 1.82) is 0 Å². The fraction of sp³-hybridized carbons (Fsp3) is 0.238. The number of hydrogen-bond acceptors (Lipinski definition) is 7. The van der Waals surface area contributed by atoms with Crippen LogP contribution in [0.25, 0.3) is 22.3 Å². The highest BCUT2D eigenvalue weighted by Gasteiger charge is 2.34. The fourth-order valence-corrected chi connectivity index (χ4v) is 4.22. The molecule has 0 saturated carbocycles. The second-order valence-corrected chi connectivity index (χ2v) is 7.03. The second-order valence-electron chi connectivity index (χ2n) is 7.03. The van der Waals surface area contributed by atoms with Gasteiger partial charge < -0.3 is 19.1 Å². The molecule has 2 aromatic heterocycles. The van der Waals surface area contributed by atoms with Crippen LogP contribution in [0.15, 0.2) is 29.1 Å². The normalized spacial score (nSPS) is 16.8. The van der Waals surface area contributed by atoms with Gasteiger partial charge in [-0.15, -0.1) is 0 Å². The smallest absolute Gasteiger partial charge is 0.340 e. The Morgan fingerprint density at radius 1 is 1.31 bits per heavy atom. The molecule has 0 fully saturated rings. The van der Waals surface area contributed by atoms with Gasteiger partial charge in [0.05, 0.1) is 29.0 Å². The molecule has 2 aliphatic heterocycles. The molecule has 0 spiro atoms.